The molecule has 0 unspecified atom stereocenters. The predicted molar refractivity (Wildman–Crippen MR) is 216 cm³/mol. The zero-order valence-corrected chi connectivity index (χ0v) is 32.5. The number of carbonyl (C=O) groups is 3. The lowest BCUT2D eigenvalue weighted by molar-refractivity contribution is -0.282. The van der Waals surface area contributed by atoms with Gasteiger partial charge in [-0.05, 0) is 61.0 Å². The number of ether oxygens (including phenoxy) is 6. The number of carbonyl (C=O) groups excluding carboxylic acids is 3. The normalized spacial score (nSPS) is 18.9. The average Bonchev–Trinajstić information content (AvgIpc) is 3.25. The summed E-state index contributed by atoms with van der Waals surface area (Å²) in [4.78, 5) is 54.4. The van der Waals surface area contributed by atoms with E-state index in [-0.39, 0.29) is 34.8 Å². The van der Waals surface area contributed by atoms with Gasteiger partial charge >= 0.3 is 17.9 Å². The minimum Gasteiger partial charge on any atom is -0.486 e. The van der Waals surface area contributed by atoms with Crippen molar-refractivity contribution in [2.75, 3.05) is 18.9 Å². The minimum absolute atomic E-state index is 0.0487. The number of hydrogen-bond acceptors (Lipinski definition) is 12. The number of anilines is 1. The lowest BCUT2D eigenvalue weighted by atomic mass is 9.98. The van der Waals surface area contributed by atoms with Crippen molar-refractivity contribution in [3.05, 3.63) is 136 Å². The maximum Gasteiger partial charge on any atom is 0.340 e. The molecule has 6 rings (SSSR count). The van der Waals surface area contributed by atoms with Crippen LogP contribution in [0.4, 0.5) is 5.69 Å². The van der Waals surface area contributed by atoms with Crippen LogP contribution >= 0.6 is 0 Å². The number of aliphatic hydroxyl groups is 1. The number of nitrogen functional groups attached to an aromatic ring is 1. The number of aliphatic hydroxyl groups excluding tert-OH is 1. The van der Waals surface area contributed by atoms with E-state index in [0.717, 1.165) is 32.1 Å². The van der Waals surface area contributed by atoms with E-state index in [1.54, 1.807) is 79.8 Å². The molecule has 5 aromatic rings. The largest absolute Gasteiger partial charge is 0.486 e. The Balaban J connectivity index is 1.34. The van der Waals surface area contributed by atoms with Crippen LogP contribution in [0.25, 0.3) is 10.9 Å². The molecule has 0 radical (unpaired) electrons. The number of rotatable bonds is 17. The molecule has 5 atom stereocenters. The number of nitrogens with zero attached hydrogens (tertiary/aromatic N) is 1. The fourth-order valence-electron chi connectivity index (χ4n) is 6.65. The molecular weight excluding hydrogens is 744 g/mol. The van der Waals surface area contributed by atoms with Crippen LogP contribution in [-0.2, 0) is 26.0 Å². The highest BCUT2D eigenvalue weighted by molar-refractivity contribution is 5.92. The van der Waals surface area contributed by atoms with Crippen molar-refractivity contribution in [3.63, 3.8) is 0 Å². The molecule has 304 valence electrons. The van der Waals surface area contributed by atoms with Gasteiger partial charge in [0, 0.05) is 18.1 Å². The maximum atomic E-state index is 13.8. The molecule has 1 saturated heterocycles. The molecule has 0 bridgehead atoms. The zero-order chi connectivity index (χ0) is 41.0. The number of nitrogens with two attached hydrogens (primary N) is 1. The van der Waals surface area contributed by atoms with Gasteiger partial charge < -0.3 is 43.8 Å². The molecular formula is C45H48N2O11. The molecule has 0 spiro atoms. The van der Waals surface area contributed by atoms with E-state index in [1.165, 1.54) is 41.0 Å². The van der Waals surface area contributed by atoms with Crippen LogP contribution in [0.1, 0.15) is 76.5 Å². The van der Waals surface area contributed by atoms with Gasteiger partial charge in [0.25, 0.3) is 5.56 Å². The van der Waals surface area contributed by atoms with Crippen LogP contribution in [0.5, 0.6) is 11.5 Å². The van der Waals surface area contributed by atoms with Gasteiger partial charge in [-0.25, -0.2) is 14.4 Å². The Morgan fingerprint density at radius 1 is 0.690 bits per heavy atom. The van der Waals surface area contributed by atoms with E-state index in [1.807, 2.05) is 0 Å². The summed E-state index contributed by atoms with van der Waals surface area (Å²) in [7, 11) is 1.60. The number of hydrogen-bond donors (Lipinski definition) is 2. The fraction of sp³-hybridized carbons (Fsp3) is 0.333. The van der Waals surface area contributed by atoms with Crippen molar-refractivity contribution in [2.45, 2.75) is 76.2 Å². The molecule has 58 heavy (non-hydrogen) atoms. The van der Waals surface area contributed by atoms with Crippen LogP contribution in [0, 0.1) is 0 Å². The van der Waals surface area contributed by atoms with Gasteiger partial charge in [-0.15, -0.1) is 0 Å². The Hall–Kier alpha value is -6.18. The van der Waals surface area contributed by atoms with Crippen molar-refractivity contribution in [1.29, 1.82) is 0 Å². The van der Waals surface area contributed by atoms with E-state index in [4.69, 9.17) is 34.2 Å². The van der Waals surface area contributed by atoms with Crippen molar-refractivity contribution in [2.24, 2.45) is 7.05 Å². The third kappa shape index (κ3) is 10.0. The quantitative estimate of drug-likeness (QED) is 0.0446. The number of esters is 3. The summed E-state index contributed by atoms with van der Waals surface area (Å²) in [5, 5.41) is 12.5. The van der Waals surface area contributed by atoms with E-state index in [0.29, 0.717) is 23.0 Å². The van der Waals surface area contributed by atoms with Crippen LogP contribution in [0.2, 0.25) is 0 Å². The Bertz CT molecular complexity index is 2210. The van der Waals surface area contributed by atoms with Gasteiger partial charge in [0.1, 0.15) is 18.8 Å². The summed E-state index contributed by atoms with van der Waals surface area (Å²) in [6, 6.07) is 29.1. The molecule has 0 saturated carbocycles. The first-order valence-electron chi connectivity index (χ1n) is 19.5. The summed E-state index contributed by atoms with van der Waals surface area (Å²) in [6.07, 6.45) is -2.03. The second kappa shape index (κ2) is 19.8. The second-order valence-electron chi connectivity index (χ2n) is 14.0. The molecule has 13 heteroatoms. The van der Waals surface area contributed by atoms with Crippen LogP contribution in [-0.4, -0.2) is 71.5 Å². The first kappa shape index (κ1) is 41.5. The molecule has 1 aliphatic rings. The van der Waals surface area contributed by atoms with Gasteiger partial charge in [0.2, 0.25) is 18.1 Å². The molecule has 3 N–H and O–H groups in total. The molecule has 0 amide bonds. The minimum atomic E-state index is -1.71. The highest BCUT2D eigenvalue weighted by Gasteiger charge is 2.52. The van der Waals surface area contributed by atoms with Crippen molar-refractivity contribution in [3.8, 4) is 11.5 Å². The van der Waals surface area contributed by atoms with Crippen molar-refractivity contribution < 1.29 is 47.9 Å². The van der Waals surface area contributed by atoms with E-state index < -0.39 is 60.8 Å². The molecule has 4 aromatic carbocycles. The van der Waals surface area contributed by atoms with Crippen LogP contribution in [0.15, 0.2) is 114 Å². The standard InChI is InChI=1S/C45H48N2O11/c1-3-4-5-6-7-17-26-53-39-37(33-25-24-32(46)27-34(33)47(2)41(39)49)54-28-35-36(48)38(56-42(50)29-18-11-8-12-19-29)40(57-43(51)30-20-13-9-14-21-30)45(55-35)58-44(52)31-22-15-10-16-23-31/h8-16,18-25,27,35-36,38,40,45,48H,3-7,17,26,28,46H2,1-2H3/t35-,36-,38+,40-,45-/m0/s1. The smallest absolute Gasteiger partial charge is 0.340 e. The van der Waals surface area contributed by atoms with Gasteiger partial charge in [0.15, 0.2) is 11.9 Å². The van der Waals surface area contributed by atoms with Crippen LogP contribution < -0.4 is 20.8 Å². The number of pyridine rings is 1. The predicted octanol–water partition coefficient (Wildman–Crippen LogP) is 6.63. The van der Waals surface area contributed by atoms with E-state index in [9.17, 15) is 24.3 Å². The van der Waals surface area contributed by atoms with Crippen molar-refractivity contribution >= 4 is 34.5 Å². The SMILES string of the molecule is CCCCCCCCOc1c(OC[C@@H]2O[C@@H](OC(=O)c3ccccc3)[C@@H](OC(=O)c3ccccc3)[C@H](OC(=O)c3ccccc3)[C@H]2O)c2ccc(N)cc2n(C)c1=O. The van der Waals surface area contributed by atoms with Crippen molar-refractivity contribution in [1.82, 2.24) is 4.57 Å². The number of aromatic nitrogens is 1. The average molecular weight is 793 g/mol. The first-order valence-corrected chi connectivity index (χ1v) is 19.5. The maximum absolute atomic E-state index is 13.8. The number of aryl methyl sites for hydroxylation is 1. The molecule has 1 fully saturated rings. The third-order valence-electron chi connectivity index (χ3n) is 9.83. The third-order valence-corrected chi connectivity index (χ3v) is 9.83. The zero-order valence-electron chi connectivity index (χ0n) is 32.5. The van der Waals surface area contributed by atoms with Gasteiger partial charge in [-0.1, -0.05) is 93.6 Å². The summed E-state index contributed by atoms with van der Waals surface area (Å²) in [6.45, 7) is 1.95. The fourth-order valence-corrected chi connectivity index (χ4v) is 6.65. The lowest BCUT2D eigenvalue weighted by Gasteiger charge is -2.42. The number of benzene rings is 4. The van der Waals surface area contributed by atoms with Gasteiger partial charge in [-0.3, -0.25) is 4.79 Å². The van der Waals surface area contributed by atoms with Crippen LogP contribution in [0.3, 0.4) is 0 Å². The summed E-state index contributed by atoms with van der Waals surface area (Å²) < 4.78 is 37.7. The van der Waals surface area contributed by atoms with E-state index in [2.05, 4.69) is 6.92 Å². The van der Waals surface area contributed by atoms with Gasteiger partial charge in [-0.2, -0.15) is 0 Å². The topological polar surface area (TPSA) is 175 Å². The Morgan fingerprint density at radius 3 is 1.81 bits per heavy atom. The molecule has 13 nitrogen and oxygen atoms in total. The molecule has 0 aliphatic carbocycles. The molecule has 1 aliphatic heterocycles. The lowest BCUT2D eigenvalue weighted by Crippen LogP contribution is -2.62. The summed E-state index contributed by atoms with van der Waals surface area (Å²) in [5.74, 6) is -2.51. The highest BCUT2D eigenvalue weighted by atomic mass is 16.7. The second-order valence-corrected chi connectivity index (χ2v) is 14.0. The Kier molecular flexibility index (Phi) is 14.1. The molecule has 2 heterocycles. The highest BCUT2D eigenvalue weighted by Crippen LogP contribution is 2.36. The number of fused-ring (bicyclic) bond motifs is 1. The van der Waals surface area contributed by atoms with Gasteiger partial charge in [0.05, 0.1) is 28.8 Å². The van der Waals surface area contributed by atoms with E-state index >= 15 is 0 Å². The first-order chi connectivity index (χ1) is 28.2. The summed E-state index contributed by atoms with van der Waals surface area (Å²) >= 11 is 0. The Morgan fingerprint density at radius 2 is 1.22 bits per heavy atom. The molecule has 1 aromatic heterocycles. The Labute approximate surface area is 336 Å². The summed E-state index contributed by atoms with van der Waals surface area (Å²) in [5.41, 5.74) is 6.98. The number of unbranched alkanes of at least 4 members (excludes halogenated alkanes) is 5. The monoisotopic (exact) mass is 792 g/mol.